The van der Waals surface area contributed by atoms with E-state index < -0.39 is 23.3 Å². The highest BCUT2D eigenvalue weighted by atomic mass is 32.2. The predicted molar refractivity (Wildman–Crippen MR) is 99.7 cm³/mol. The zero-order chi connectivity index (χ0) is 19.7. The van der Waals surface area contributed by atoms with E-state index in [1.54, 1.807) is 22.7 Å². The number of nitrogens with zero attached hydrogens (tertiary/aromatic N) is 4. The Morgan fingerprint density at radius 1 is 1.21 bits per heavy atom. The first kappa shape index (κ1) is 18.6. The number of alkyl halides is 2. The number of benzene rings is 1. The lowest BCUT2D eigenvalue weighted by molar-refractivity contribution is 0.116. The smallest absolute Gasteiger partial charge is 0.314 e. The zero-order valence-electron chi connectivity index (χ0n) is 14.9. The fraction of sp³-hybridized carbons (Fsp3) is 0.278. The number of pyridine rings is 1. The van der Waals surface area contributed by atoms with Gasteiger partial charge < -0.3 is 9.73 Å². The number of halogens is 2. The van der Waals surface area contributed by atoms with E-state index in [1.165, 1.54) is 17.3 Å². The molecule has 0 fully saturated rings. The van der Waals surface area contributed by atoms with Crippen molar-refractivity contribution < 1.29 is 17.4 Å². The quantitative estimate of drug-likeness (QED) is 0.679. The average molecular weight is 405 g/mol. The van der Waals surface area contributed by atoms with Gasteiger partial charge in [-0.1, -0.05) is 6.07 Å². The molecule has 1 aliphatic rings. The topological polar surface area (TPSA) is 84.2 Å². The third kappa shape index (κ3) is 3.78. The molecule has 0 bridgehead atoms. The van der Waals surface area contributed by atoms with Crippen LogP contribution in [0.3, 0.4) is 0 Å². The Bertz CT molecular complexity index is 1010. The molecular formula is C18H17F2N5O2S. The molecule has 0 spiro atoms. The fourth-order valence-electron chi connectivity index (χ4n) is 3.00. The lowest BCUT2D eigenvalue weighted by Crippen LogP contribution is -2.24. The van der Waals surface area contributed by atoms with Crippen molar-refractivity contribution in [3.8, 4) is 11.5 Å². The van der Waals surface area contributed by atoms with Gasteiger partial charge in [0.05, 0.1) is 23.5 Å². The number of rotatable bonds is 6. The van der Waals surface area contributed by atoms with Crippen molar-refractivity contribution in [3.63, 3.8) is 0 Å². The average Bonchev–Trinajstić information content (AvgIpc) is 3.35. The first-order valence-electron chi connectivity index (χ1n) is 8.51. The second-order valence-corrected chi connectivity index (χ2v) is 7.59. The number of aromatic nitrogens is 3. The van der Waals surface area contributed by atoms with Gasteiger partial charge in [-0.05, 0) is 35.4 Å². The van der Waals surface area contributed by atoms with Crippen molar-refractivity contribution in [1.82, 2.24) is 20.5 Å². The van der Waals surface area contributed by atoms with Gasteiger partial charge in [-0.2, -0.15) is 8.78 Å². The maximum atomic E-state index is 12.6. The van der Waals surface area contributed by atoms with E-state index in [0.29, 0.717) is 17.8 Å². The lowest BCUT2D eigenvalue weighted by atomic mass is 10.1. The van der Waals surface area contributed by atoms with E-state index in [0.717, 1.165) is 18.8 Å². The van der Waals surface area contributed by atoms with Crippen molar-refractivity contribution in [3.05, 3.63) is 59.2 Å². The van der Waals surface area contributed by atoms with Gasteiger partial charge in [0.1, 0.15) is 11.0 Å². The molecule has 1 aromatic carbocycles. The van der Waals surface area contributed by atoms with E-state index in [9.17, 15) is 13.0 Å². The van der Waals surface area contributed by atoms with Crippen LogP contribution >= 0.6 is 0 Å². The van der Waals surface area contributed by atoms with Gasteiger partial charge in [-0.25, -0.2) is 4.21 Å². The minimum atomic E-state index is -2.82. The number of anilines is 1. The predicted octanol–water partition coefficient (Wildman–Crippen LogP) is 2.97. The summed E-state index contributed by atoms with van der Waals surface area (Å²) in [4.78, 5) is 4.33. The molecule has 0 radical (unpaired) electrons. The molecule has 4 rings (SSSR count). The number of nitrogens with one attached hydrogen (secondary N) is 1. The Morgan fingerprint density at radius 2 is 2.04 bits per heavy atom. The maximum absolute atomic E-state index is 12.6. The molecule has 28 heavy (non-hydrogen) atoms. The molecule has 1 unspecified atom stereocenters. The third-order valence-electron chi connectivity index (χ3n) is 4.42. The largest absolute Gasteiger partial charge is 0.415 e. The summed E-state index contributed by atoms with van der Waals surface area (Å²) in [5.41, 5.74) is 4.41. The SMILES string of the molecule is CS(=O)N(Cc1ccc(-c2nnc(C(F)F)o2)cn1)c1ccc2c(c1)CNC2. The van der Waals surface area contributed by atoms with Gasteiger partial charge in [-0.3, -0.25) is 9.29 Å². The van der Waals surface area contributed by atoms with Crippen LogP contribution in [0.2, 0.25) is 0 Å². The standard InChI is InChI=1S/C18H17F2N5O2S/c1-28(26)25(15-5-3-11-7-21-8-13(11)6-15)10-14-4-2-12(9-22-14)17-23-24-18(27-17)16(19)20/h2-6,9,16,21H,7-8,10H2,1H3. The van der Waals surface area contributed by atoms with Gasteiger partial charge in [-0.15, -0.1) is 10.2 Å². The second kappa shape index (κ2) is 7.72. The maximum Gasteiger partial charge on any atom is 0.314 e. The molecule has 146 valence electrons. The Balaban J connectivity index is 1.53. The molecule has 0 aliphatic carbocycles. The molecule has 3 heterocycles. The highest BCUT2D eigenvalue weighted by Crippen LogP contribution is 2.26. The van der Waals surface area contributed by atoms with Crippen LogP contribution in [-0.2, 0) is 30.6 Å². The second-order valence-electron chi connectivity index (χ2n) is 6.30. The number of hydrogen-bond acceptors (Lipinski definition) is 6. The first-order chi connectivity index (χ1) is 13.5. The Kier molecular flexibility index (Phi) is 5.14. The molecule has 10 heteroatoms. The minimum Gasteiger partial charge on any atom is -0.415 e. The van der Waals surface area contributed by atoms with E-state index >= 15 is 0 Å². The van der Waals surface area contributed by atoms with Gasteiger partial charge in [0.15, 0.2) is 0 Å². The van der Waals surface area contributed by atoms with Gasteiger partial charge in [0.2, 0.25) is 5.89 Å². The summed E-state index contributed by atoms with van der Waals surface area (Å²) in [5, 5.41) is 10.2. The highest BCUT2D eigenvalue weighted by Gasteiger charge is 2.19. The molecule has 1 aliphatic heterocycles. The Labute approximate surface area is 162 Å². The summed E-state index contributed by atoms with van der Waals surface area (Å²) >= 11 is 0. The van der Waals surface area contributed by atoms with Crippen LogP contribution in [0.25, 0.3) is 11.5 Å². The number of hydrogen-bond donors (Lipinski definition) is 1. The van der Waals surface area contributed by atoms with Crippen LogP contribution in [0.1, 0.15) is 29.1 Å². The summed E-state index contributed by atoms with van der Waals surface area (Å²) in [5.74, 6) is -0.742. The van der Waals surface area contributed by atoms with Crippen LogP contribution in [0.5, 0.6) is 0 Å². The summed E-state index contributed by atoms with van der Waals surface area (Å²) < 4.78 is 44.1. The summed E-state index contributed by atoms with van der Waals surface area (Å²) in [6.07, 6.45) is 0.273. The Morgan fingerprint density at radius 3 is 2.71 bits per heavy atom. The molecule has 0 saturated heterocycles. The normalized spacial score (nSPS) is 14.3. The van der Waals surface area contributed by atoms with Gasteiger partial charge in [0.25, 0.3) is 5.89 Å². The van der Waals surface area contributed by atoms with Crippen LogP contribution < -0.4 is 9.62 Å². The summed E-state index contributed by atoms with van der Waals surface area (Å²) in [7, 11) is -1.25. The number of fused-ring (bicyclic) bond motifs is 1. The molecule has 1 atom stereocenters. The van der Waals surface area contributed by atoms with E-state index in [4.69, 9.17) is 4.42 Å². The van der Waals surface area contributed by atoms with Gasteiger partial charge >= 0.3 is 6.43 Å². The molecular weight excluding hydrogens is 388 g/mol. The molecule has 0 amide bonds. The van der Waals surface area contributed by atoms with Crippen molar-refractivity contribution in [2.75, 3.05) is 10.6 Å². The van der Waals surface area contributed by atoms with E-state index in [-0.39, 0.29) is 5.89 Å². The molecule has 2 aromatic heterocycles. The van der Waals surface area contributed by atoms with Crippen molar-refractivity contribution >= 4 is 16.7 Å². The fourth-order valence-corrected chi connectivity index (χ4v) is 3.72. The van der Waals surface area contributed by atoms with Crippen LogP contribution in [-0.4, -0.2) is 25.6 Å². The van der Waals surface area contributed by atoms with E-state index in [2.05, 4.69) is 20.5 Å². The molecule has 0 saturated carbocycles. The molecule has 7 nitrogen and oxygen atoms in total. The summed E-state index contributed by atoms with van der Waals surface area (Å²) in [6.45, 7) is 1.98. The van der Waals surface area contributed by atoms with Gasteiger partial charge in [0, 0.05) is 25.5 Å². The van der Waals surface area contributed by atoms with E-state index in [1.807, 2.05) is 18.2 Å². The summed E-state index contributed by atoms with van der Waals surface area (Å²) in [6, 6.07) is 9.41. The molecule has 3 aromatic rings. The Hall–Kier alpha value is -2.72. The van der Waals surface area contributed by atoms with Crippen LogP contribution in [0, 0.1) is 0 Å². The minimum absolute atomic E-state index is 0.0172. The van der Waals surface area contributed by atoms with Crippen LogP contribution in [0.15, 0.2) is 40.9 Å². The lowest BCUT2D eigenvalue weighted by Gasteiger charge is -2.22. The highest BCUT2D eigenvalue weighted by molar-refractivity contribution is 7.85. The third-order valence-corrected chi connectivity index (χ3v) is 5.38. The van der Waals surface area contributed by atoms with Crippen molar-refractivity contribution in [2.45, 2.75) is 26.1 Å². The first-order valence-corrected chi connectivity index (χ1v) is 10.0. The molecule has 1 N–H and O–H groups in total. The van der Waals surface area contributed by atoms with Crippen molar-refractivity contribution in [1.29, 1.82) is 0 Å². The monoisotopic (exact) mass is 405 g/mol. The van der Waals surface area contributed by atoms with Crippen molar-refractivity contribution in [2.24, 2.45) is 0 Å². The van der Waals surface area contributed by atoms with Crippen LogP contribution in [0.4, 0.5) is 14.5 Å². The zero-order valence-corrected chi connectivity index (χ0v) is 15.7.